The molecule has 1 amide bonds. The molecule has 2 rings (SSSR count). The molecule has 1 aliphatic heterocycles. The van der Waals surface area contributed by atoms with Gasteiger partial charge in [0.15, 0.2) is 0 Å². The summed E-state index contributed by atoms with van der Waals surface area (Å²) in [5, 5.41) is 9.06. The number of benzene rings is 1. The summed E-state index contributed by atoms with van der Waals surface area (Å²) in [5.41, 5.74) is 2.30. The van der Waals surface area contributed by atoms with Crippen molar-refractivity contribution in [3.05, 3.63) is 35.4 Å². The number of hydrogen-bond acceptors (Lipinski definition) is 2. The van der Waals surface area contributed by atoms with Gasteiger partial charge >= 0.3 is 5.97 Å². The molecule has 0 unspecified atom stereocenters. The van der Waals surface area contributed by atoms with Gasteiger partial charge in [0.25, 0.3) is 0 Å². The third kappa shape index (κ3) is 3.34. The van der Waals surface area contributed by atoms with E-state index < -0.39 is 12.0 Å². The highest BCUT2D eigenvalue weighted by Crippen LogP contribution is 2.19. The molecule has 0 bridgehead atoms. The molecule has 4 nitrogen and oxygen atoms in total. The molecule has 1 fully saturated rings. The molecule has 0 spiro atoms. The first-order valence-electron chi connectivity index (χ1n) is 6.66. The van der Waals surface area contributed by atoms with Gasteiger partial charge in [-0.2, -0.15) is 0 Å². The Balaban J connectivity index is 1.92. The molecule has 1 N–H and O–H groups in total. The summed E-state index contributed by atoms with van der Waals surface area (Å²) in [5.74, 6) is -0.937. The molecule has 0 radical (unpaired) electrons. The van der Waals surface area contributed by atoms with Crippen LogP contribution in [0.2, 0.25) is 0 Å². The number of carbonyl (C=O) groups excluding carboxylic acids is 1. The fraction of sp³-hybridized carbons (Fsp3) is 0.467. The van der Waals surface area contributed by atoms with Crippen LogP contribution in [0.25, 0.3) is 0 Å². The molecule has 4 heteroatoms. The number of carboxylic acid groups (broad SMARTS) is 1. The summed E-state index contributed by atoms with van der Waals surface area (Å²) in [4.78, 5) is 24.6. The number of carbonyl (C=O) groups is 2. The monoisotopic (exact) mass is 261 g/mol. The third-order valence-electron chi connectivity index (χ3n) is 3.57. The Hall–Kier alpha value is -1.84. The highest BCUT2D eigenvalue weighted by Gasteiger charge is 2.33. The van der Waals surface area contributed by atoms with Crippen LogP contribution in [0.5, 0.6) is 0 Å². The number of hydrogen-bond donors (Lipinski definition) is 1. The third-order valence-corrected chi connectivity index (χ3v) is 3.57. The predicted octanol–water partition coefficient (Wildman–Crippen LogP) is 2.00. The molecular weight excluding hydrogens is 242 g/mol. The van der Waals surface area contributed by atoms with Crippen LogP contribution in [-0.4, -0.2) is 34.5 Å². The summed E-state index contributed by atoms with van der Waals surface area (Å²) >= 11 is 0. The lowest BCUT2D eigenvalue weighted by Gasteiger charge is -2.21. The Morgan fingerprint density at radius 1 is 1.42 bits per heavy atom. The summed E-state index contributed by atoms with van der Waals surface area (Å²) in [7, 11) is 0. The van der Waals surface area contributed by atoms with Crippen LogP contribution in [-0.2, 0) is 16.0 Å². The normalized spacial score (nSPS) is 18.6. The van der Waals surface area contributed by atoms with Gasteiger partial charge in [0.05, 0.1) is 0 Å². The molecular formula is C15H19NO3. The van der Waals surface area contributed by atoms with E-state index in [1.807, 2.05) is 25.1 Å². The van der Waals surface area contributed by atoms with Crippen molar-refractivity contribution >= 4 is 11.9 Å². The Morgan fingerprint density at radius 2 is 2.21 bits per heavy atom. The lowest BCUT2D eigenvalue weighted by atomic mass is 10.1. The summed E-state index contributed by atoms with van der Waals surface area (Å²) in [6.07, 6.45) is 2.41. The van der Waals surface area contributed by atoms with Crippen molar-refractivity contribution in [2.45, 2.75) is 38.6 Å². The zero-order valence-electron chi connectivity index (χ0n) is 11.1. The SMILES string of the molecule is Cc1cccc(CCC(=O)N2CCC[C@H]2C(=O)O)c1. The molecule has 1 aromatic rings. The number of likely N-dealkylation sites (tertiary alicyclic amines) is 1. The number of aliphatic carboxylic acids is 1. The standard InChI is InChI=1S/C15H19NO3/c1-11-4-2-5-12(10-11)7-8-14(17)16-9-3-6-13(16)15(18)19/h2,4-5,10,13H,3,6-9H2,1H3,(H,18,19)/t13-/m0/s1. The van der Waals surface area contributed by atoms with Gasteiger partial charge < -0.3 is 10.0 Å². The van der Waals surface area contributed by atoms with E-state index in [2.05, 4.69) is 6.07 Å². The fourth-order valence-corrected chi connectivity index (χ4v) is 2.58. The molecule has 102 valence electrons. The van der Waals surface area contributed by atoms with Crippen LogP contribution in [0.4, 0.5) is 0 Å². The van der Waals surface area contributed by atoms with Gasteiger partial charge in [-0.1, -0.05) is 29.8 Å². The van der Waals surface area contributed by atoms with E-state index in [-0.39, 0.29) is 5.91 Å². The minimum atomic E-state index is -0.888. The van der Waals surface area contributed by atoms with Gasteiger partial charge in [-0.3, -0.25) is 4.79 Å². The summed E-state index contributed by atoms with van der Waals surface area (Å²) < 4.78 is 0. The second-order valence-electron chi connectivity index (χ2n) is 5.07. The minimum absolute atomic E-state index is 0.0496. The molecule has 0 aromatic heterocycles. The van der Waals surface area contributed by atoms with E-state index in [4.69, 9.17) is 5.11 Å². The molecule has 1 atom stereocenters. The van der Waals surface area contributed by atoms with Gasteiger partial charge in [-0.05, 0) is 31.7 Å². The van der Waals surface area contributed by atoms with Crippen molar-refractivity contribution in [3.63, 3.8) is 0 Å². The smallest absolute Gasteiger partial charge is 0.326 e. The van der Waals surface area contributed by atoms with E-state index in [1.54, 1.807) is 0 Å². The largest absolute Gasteiger partial charge is 0.480 e. The zero-order valence-corrected chi connectivity index (χ0v) is 11.1. The molecule has 0 saturated carbocycles. The average molecular weight is 261 g/mol. The topological polar surface area (TPSA) is 57.6 Å². The van der Waals surface area contributed by atoms with E-state index in [1.165, 1.54) is 10.5 Å². The minimum Gasteiger partial charge on any atom is -0.480 e. The van der Waals surface area contributed by atoms with Crippen LogP contribution in [0, 0.1) is 6.92 Å². The molecule has 1 aromatic carbocycles. The van der Waals surface area contributed by atoms with Crippen LogP contribution in [0.1, 0.15) is 30.4 Å². The maximum Gasteiger partial charge on any atom is 0.326 e. The molecule has 19 heavy (non-hydrogen) atoms. The highest BCUT2D eigenvalue weighted by atomic mass is 16.4. The van der Waals surface area contributed by atoms with E-state index >= 15 is 0 Å². The van der Waals surface area contributed by atoms with Gasteiger partial charge in [-0.25, -0.2) is 4.79 Å². The number of aryl methyl sites for hydroxylation is 2. The maximum absolute atomic E-state index is 12.1. The van der Waals surface area contributed by atoms with Crippen LogP contribution in [0.3, 0.4) is 0 Å². The first-order valence-corrected chi connectivity index (χ1v) is 6.66. The van der Waals surface area contributed by atoms with Gasteiger partial charge in [0.1, 0.15) is 6.04 Å². The summed E-state index contributed by atoms with van der Waals surface area (Å²) in [6, 6.07) is 7.44. The van der Waals surface area contributed by atoms with Crippen LogP contribution in [0.15, 0.2) is 24.3 Å². The molecule has 1 heterocycles. The quantitative estimate of drug-likeness (QED) is 0.902. The number of amides is 1. The van der Waals surface area contributed by atoms with E-state index in [9.17, 15) is 9.59 Å². The van der Waals surface area contributed by atoms with Crippen molar-refractivity contribution in [1.82, 2.24) is 4.90 Å². The van der Waals surface area contributed by atoms with Gasteiger partial charge in [-0.15, -0.1) is 0 Å². The lowest BCUT2D eigenvalue weighted by molar-refractivity contribution is -0.148. The number of carboxylic acids is 1. The second-order valence-corrected chi connectivity index (χ2v) is 5.07. The van der Waals surface area contributed by atoms with Crippen molar-refractivity contribution < 1.29 is 14.7 Å². The number of rotatable bonds is 4. The fourth-order valence-electron chi connectivity index (χ4n) is 2.58. The number of nitrogens with zero attached hydrogens (tertiary/aromatic N) is 1. The van der Waals surface area contributed by atoms with Crippen LogP contribution < -0.4 is 0 Å². The molecule has 1 saturated heterocycles. The maximum atomic E-state index is 12.1. The Labute approximate surface area is 113 Å². The van der Waals surface area contributed by atoms with Crippen molar-refractivity contribution in [1.29, 1.82) is 0 Å². The van der Waals surface area contributed by atoms with Crippen molar-refractivity contribution in [2.75, 3.05) is 6.54 Å². The van der Waals surface area contributed by atoms with E-state index in [0.717, 1.165) is 12.0 Å². The summed E-state index contributed by atoms with van der Waals surface area (Å²) in [6.45, 7) is 2.59. The highest BCUT2D eigenvalue weighted by molar-refractivity contribution is 5.84. The first kappa shape index (κ1) is 13.6. The first-order chi connectivity index (χ1) is 9.08. The van der Waals surface area contributed by atoms with Crippen molar-refractivity contribution in [2.24, 2.45) is 0 Å². The second kappa shape index (κ2) is 5.87. The lowest BCUT2D eigenvalue weighted by Crippen LogP contribution is -2.40. The molecule has 1 aliphatic rings. The predicted molar refractivity (Wildman–Crippen MR) is 71.9 cm³/mol. The van der Waals surface area contributed by atoms with Crippen LogP contribution >= 0.6 is 0 Å². The Bertz CT molecular complexity index is 484. The zero-order chi connectivity index (χ0) is 13.8. The average Bonchev–Trinajstić information content (AvgIpc) is 2.85. The molecule has 0 aliphatic carbocycles. The Kier molecular flexibility index (Phi) is 4.20. The van der Waals surface area contributed by atoms with Gasteiger partial charge in [0.2, 0.25) is 5.91 Å². The Morgan fingerprint density at radius 3 is 2.89 bits per heavy atom. The van der Waals surface area contributed by atoms with Crippen molar-refractivity contribution in [3.8, 4) is 0 Å². The van der Waals surface area contributed by atoms with E-state index in [0.29, 0.717) is 25.8 Å². The van der Waals surface area contributed by atoms with Gasteiger partial charge in [0, 0.05) is 13.0 Å².